The Labute approximate surface area is 89.7 Å². The maximum absolute atomic E-state index is 6.34. The van der Waals surface area contributed by atoms with Crippen molar-refractivity contribution in [1.82, 2.24) is 0 Å². The van der Waals surface area contributed by atoms with Crippen LogP contribution < -0.4 is 5.73 Å². The van der Waals surface area contributed by atoms with Gasteiger partial charge < -0.3 is 5.73 Å². The molecule has 1 nitrogen and oxygen atoms in total. The number of hydrogen-bond donors (Lipinski definition) is 1. The van der Waals surface area contributed by atoms with Crippen molar-refractivity contribution in [3.05, 3.63) is 22.4 Å². The number of nitrogens with two attached hydrogens (primary N) is 1. The highest BCUT2D eigenvalue weighted by Gasteiger charge is 2.29. The fourth-order valence-corrected chi connectivity index (χ4v) is 2.89. The van der Waals surface area contributed by atoms with E-state index in [2.05, 4.69) is 17.5 Å². The Kier molecular flexibility index (Phi) is 3.77. The van der Waals surface area contributed by atoms with Crippen molar-refractivity contribution in [3.8, 4) is 0 Å². The molecule has 1 aliphatic rings. The Morgan fingerprint density at radius 2 is 1.92 bits per heavy atom. The van der Waals surface area contributed by atoms with Gasteiger partial charge in [0.05, 0.1) is 5.54 Å². The molecule has 1 fully saturated rings. The molecule has 1 aliphatic carbocycles. The zero-order valence-corrected chi connectivity index (χ0v) is 9.29. The van der Waals surface area contributed by atoms with Crippen molar-refractivity contribution in [2.75, 3.05) is 0 Å². The average Bonchev–Trinajstić information content (AvgIpc) is 2.58. The van der Waals surface area contributed by atoms with Crippen LogP contribution in [0.1, 0.15) is 37.0 Å². The van der Waals surface area contributed by atoms with E-state index in [0.29, 0.717) is 0 Å². The summed E-state index contributed by atoms with van der Waals surface area (Å²) in [5.74, 6) is 0. The molecule has 0 bridgehead atoms. The molecule has 1 saturated carbocycles. The van der Waals surface area contributed by atoms with Crippen LogP contribution >= 0.6 is 23.7 Å². The van der Waals surface area contributed by atoms with Gasteiger partial charge in [-0.1, -0.05) is 25.3 Å². The number of hydrogen-bond acceptors (Lipinski definition) is 2. The van der Waals surface area contributed by atoms with E-state index >= 15 is 0 Å². The molecular weight excluding hydrogens is 202 g/mol. The van der Waals surface area contributed by atoms with Gasteiger partial charge in [0.1, 0.15) is 0 Å². The highest BCUT2D eigenvalue weighted by Crippen LogP contribution is 2.36. The van der Waals surface area contributed by atoms with Gasteiger partial charge in [0.2, 0.25) is 0 Å². The first-order valence-corrected chi connectivity index (χ1v) is 5.52. The highest BCUT2D eigenvalue weighted by molar-refractivity contribution is 7.10. The van der Waals surface area contributed by atoms with E-state index in [1.54, 1.807) is 11.3 Å². The van der Waals surface area contributed by atoms with Crippen molar-refractivity contribution in [2.45, 2.75) is 37.6 Å². The van der Waals surface area contributed by atoms with Gasteiger partial charge in [0.15, 0.2) is 0 Å². The van der Waals surface area contributed by atoms with E-state index in [-0.39, 0.29) is 17.9 Å². The second-order valence-electron chi connectivity index (χ2n) is 3.69. The second kappa shape index (κ2) is 4.45. The molecule has 1 aromatic rings. The SMILES string of the molecule is Cl.NC1(c2cccs2)CCCCC1. The van der Waals surface area contributed by atoms with Crippen molar-refractivity contribution in [2.24, 2.45) is 5.73 Å². The van der Waals surface area contributed by atoms with Crippen LogP contribution in [0.3, 0.4) is 0 Å². The summed E-state index contributed by atoms with van der Waals surface area (Å²) < 4.78 is 0. The molecule has 1 aromatic heterocycles. The third kappa shape index (κ3) is 2.25. The monoisotopic (exact) mass is 217 g/mol. The molecule has 0 unspecified atom stereocenters. The molecular formula is C10H16ClNS. The molecule has 13 heavy (non-hydrogen) atoms. The Balaban J connectivity index is 0.000000845. The van der Waals surface area contributed by atoms with Gasteiger partial charge in [-0.15, -0.1) is 23.7 Å². The number of rotatable bonds is 1. The van der Waals surface area contributed by atoms with Crippen LogP contribution in [0.2, 0.25) is 0 Å². The first-order chi connectivity index (χ1) is 5.81. The lowest BCUT2D eigenvalue weighted by Crippen LogP contribution is -2.37. The zero-order chi connectivity index (χ0) is 8.44. The van der Waals surface area contributed by atoms with E-state index in [1.165, 1.54) is 37.0 Å². The average molecular weight is 218 g/mol. The Hall–Kier alpha value is -0.0500. The maximum atomic E-state index is 6.34. The fraction of sp³-hybridized carbons (Fsp3) is 0.600. The minimum absolute atomic E-state index is 0. The molecule has 0 amide bonds. The van der Waals surface area contributed by atoms with E-state index < -0.39 is 0 Å². The van der Waals surface area contributed by atoms with Gasteiger partial charge in [-0.3, -0.25) is 0 Å². The summed E-state index contributed by atoms with van der Waals surface area (Å²) in [6.07, 6.45) is 6.31. The first-order valence-electron chi connectivity index (χ1n) is 4.64. The molecule has 2 rings (SSSR count). The van der Waals surface area contributed by atoms with Crippen LogP contribution in [0.25, 0.3) is 0 Å². The number of halogens is 1. The molecule has 2 N–H and O–H groups in total. The van der Waals surface area contributed by atoms with Crippen LogP contribution in [0.15, 0.2) is 17.5 Å². The summed E-state index contributed by atoms with van der Waals surface area (Å²) in [5, 5.41) is 2.12. The van der Waals surface area contributed by atoms with Gasteiger partial charge >= 0.3 is 0 Å². The van der Waals surface area contributed by atoms with Gasteiger partial charge in [0.25, 0.3) is 0 Å². The van der Waals surface area contributed by atoms with Crippen LogP contribution in [0.5, 0.6) is 0 Å². The maximum Gasteiger partial charge on any atom is 0.0503 e. The first kappa shape index (κ1) is 11.0. The topological polar surface area (TPSA) is 26.0 Å². The van der Waals surface area contributed by atoms with Crippen LogP contribution in [0, 0.1) is 0 Å². The molecule has 3 heteroatoms. The highest BCUT2D eigenvalue weighted by atomic mass is 35.5. The molecule has 0 radical (unpaired) electrons. The van der Waals surface area contributed by atoms with Gasteiger partial charge in [-0.25, -0.2) is 0 Å². The van der Waals surface area contributed by atoms with Crippen LogP contribution in [-0.4, -0.2) is 0 Å². The Morgan fingerprint density at radius 3 is 2.46 bits per heavy atom. The van der Waals surface area contributed by atoms with Crippen LogP contribution in [0.4, 0.5) is 0 Å². The van der Waals surface area contributed by atoms with Crippen molar-refractivity contribution in [1.29, 1.82) is 0 Å². The Bertz CT molecular complexity index is 239. The quantitative estimate of drug-likeness (QED) is 0.768. The summed E-state index contributed by atoms with van der Waals surface area (Å²) in [4.78, 5) is 1.38. The summed E-state index contributed by atoms with van der Waals surface area (Å²) in [6.45, 7) is 0. The normalized spacial score (nSPS) is 20.7. The summed E-state index contributed by atoms with van der Waals surface area (Å²) >= 11 is 1.80. The zero-order valence-electron chi connectivity index (χ0n) is 7.66. The molecule has 0 aromatic carbocycles. The predicted molar refractivity (Wildman–Crippen MR) is 60.5 cm³/mol. The lowest BCUT2D eigenvalue weighted by atomic mass is 9.81. The molecule has 74 valence electrons. The minimum Gasteiger partial charge on any atom is -0.321 e. The third-order valence-corrected chi connectivity index (χ3v) is 3.85. The fourth-order valence-electron chi connectivity index (χ4n) is 1.99. The predicted octanol–water partition coefficient (Wildman–Crippen LogP) is 3.29. The summed E-state index contributed by atoms with van der Waals surface area (Å²) in [5.41, 5.74) is 6.36. The molecule has 0 aliphatic heterocycles. The van der Waals surface area contributed by atoms with E-state index in [0.717, 1.165) is 0 Å². The number of thiophene rings is 1. The van der Waals surface area contributed by atoms with Crippen molar-refractivity contribution < 1.29 is 0 Å². The third-order valence-electron chi connectivity index (χ3n) is 2.76. The van der Waals surface area contributed by atoms with Gasteiger partial charge in [-0.05, 0) is 24.3 Å². The summed E-state index contributed by atoms with van der Waals surface area (Å²) in [6, 6.07) is 4.28. The molecule has 0 saturated heterocycles. The van der Waals surface area contributed by atoms with E-state index in [4.69, 9.17) is 5.73 Å². The molecule has 0 spiro atoms. The van der Waals surface area contributed by atoms with Gasteiger partial charge in [-0.2, -0.15) is 0 Å². The minimum atomic E-state index is 0. The molecule has 1 heterocycles. The lowest BCUT2D eigenvalue weighted by molar-refractivity contribution is 0.308. The van der Waals surface area contributed by atoms with E-state index in [1.807, 2.05) is 0 Å². The van der Waals surface area contributed by atoms with Crippen molar-refractivity contribution >= 4 is 23.7 Å². The summed E-state index contributed by atoms with van der Waals surface area (Å²) in [7, 11) is 0. The van der Waals surface area contributed by atoms with E-state index in [9.17, 15) is 0 Å². The van der Waals surface area contributed by atoms with Crippen LogP contribution in [-0.2, 0) is 5.54 Å². The molecule has 0 atom stereocenters. The standard InChI is InChI=1S/C10H15NS.ClH/c11-10(6-2-1-3-7-10)9-5-4-8-12-9;/h4-5,8H,1-3,6-7,11H2;1H. The Morgan fingerprint density at radius 1 is 1.23 bits per heavy atom. The van der Waals surface area contributed by atoms with Crippen molar-refractivity contribution in [3.63, 3.8) is 0 Å². The smallest absolute Gasteiger partial charge is 0.0503 e. The van der Waals surface area contributed by atoms with Gasteiger partial charge in [0, 0.05) is 4.88 Å². The second-order valence-corrected chi connectivity index (χ2v) is 4.64. The lowest BCUT2D eigenvalue weighted by Gasteiger charge is -2.32. The largest absolute Gasteiger partial charge is 0.321 e.